The Labute approximate surface area is 215 Å². The number of benzene rings is 3. The van der Waals surface area contributed by atoms with Crippen LogP contribution in [0.15, 0.2) is 77.3 Å². The molecule has 0 unspecified atom stereocenters. The van der Waals surface area contributed by atoms with Gasteiger partial charge in [-0.2, -0.15) is 0 Å². The molecule has 7 heteroatoms. The normalized spacial score (nSPS) is 10.6. The number of hydrogen-bond donors (Lipinski definition) is 2. The minimum absolute atomic E-state index is 0.202. The van der Waals surface area contributed by atoms with E-state index in [1.165, 1.54) is 5.56 Å². The molecule has 0 aliphatic carbocycles. The Hall–Kier alpha value is -2.90. The molecule has 3 aromatic carbocycles. The maximum atomic E-state index is 12.9. The largest absolute Gasteiger partial charge is 0.494 e. The zero-order chi connectivity index (χ0) is 24.3. The monoisotopic (exact) mass is 540 g/mol. The lowest BCUT2D eigenvalue weighted by Gasteiger charge is -2.14. The number of nitrogens with one attached hydrogen (secondary N) is 2. The van der Waals surface area contributed by atoms with Gasteiger partial charge in [-0.15, -0.1) is 0 Å². The first kappa shape index (κ1) is 25.7. The third-order valence-corrected chi connectivity index (χ3v) is 5.68. The Bertz CT molecular complexity index is 1090. The highest BCUT2D eigenvalue weighted by Crippen LogP contribution is 2.24. The van der Waals surface area contributed by atoms with Crippen molar-refractivity contribution < 1.29 is 14.3 Å². The van der Waals surface area contributed by atoms with E-state index in [1.54, 1.807) is 12.1 Å². The van der Waals surface area contributed by atoms with Crippen LogP contribution in [0, 0.1) is 5.92 Å². The second kappa shape index (κ2) is 13.1. The van der Waals surface area contributed by atoms with Crippen molar-refractivity contribution in [3.05, 3.63) is 88.4 Å². The van der Waals surface area contributed by atoms with Crippen LogP contribution >= 0.6 is 28.1 Å². The third kappa shape index (κ3) is 8.47. The zero-order valence-corrected chi connectivity index (χ0v) is 21.7. The molecule has 0 spiro atoms. The topological polar surface area (TPSA) is 59.6 Å². The molecule has 34 heavy (non-hydrogen) atoms. The Balaban J connectivity index is 1.55. The Morgan fingerprint density at radius 3 is 2.41 bits per heavy atom. The van der Waals surface area contributed by atoms with Gasteiger partial charge in [0, 0.05) is 16.6 Å². The predicted octanol–water partition coefficient (Wildman–Crippen LogP) is 6.62. The molecule has 0 fully saturated rings. The summed E-state index contributed by atoms with van der Waals surface area (Å²) in [6, 6.07) is 22.9. The fraction of sp³-hybridized carbons (Fsp3) is 0.259. The molecule has 0 aliphatic heterocycles. The molecule has 178 valence electrons. The molecule has 5 nitrogen and oxygen atoms in total. The molecule has 1 amide bonds. The molecule has 0 saturated carbocycles. The van der Waals surface area contributed by atoms with Crippen molar-refractivity contribution in [1.82, 2.24) is 5.32 Å². The van der Waals surface area contributed by atoms with Crippen molar-refractivity contribution in [2.75, 3.05) is 18.5 Å². The molecule has 0 bridgehead atoms. The summed E-state index contributed by atoms with van der Waals surface area (Å²) in [5, 5.41) is 5.97. The van der Waals surface area contributed by atoms with Gasteiger partial charge in [-0.25, -0.2) is 0 Å². The molecule has 3 aromatic rings. The van der Waals surface area contributed by atoms with Gasteiger partial charge in [-0.1, -0.05) is 60.1 Å². The van der Waals surface area contributed by atoms with Gasteiger partial charge in [-0.05, 0) is 72.6 Å². The molecule has 2 N–H and O–H groups in total. The second-order valence-corrected chi connectivity index (χ2v) is 9.51. The van der Waals surface area contributed by atoms with Crippen molar-refractivity contribution in [3.63, 3.8) is 0 Å². The van der Waals surface area contributed by atoms with Gasteiger partial charge in [0.15, 0.2) is 5.11 Å². The summed E-state index contributed by atoms with van der Waals surface area (Å²) in [6.07, 6.45) is 1.75. The van der Waals surface area contributed by atoms with E-state index >= 15 is 0 Å². The van der Waals surface area contributed by atoms with Crippen LogP contribution in [0.2, 0.25) is 0 Å². The molecule has 3 rings (SSSR count). The average molecular weight is 542 g/mol. The minimum Gasteiger partial charge on any atom is -0.494 e. The molecular formula is C27H29BrN2O3S. The Morgan fingerprint density at radius 2 is 1.71 bits per heavy atom. The number of anilines is 1. The van der Waals surface area contributed by atoms with Gasteiger partial charge in [0.1, 0.15) is 11.5 Å². The van der Waals surface area contributed by atoms with Gasteiger partial charge in [-0.3, -0.25) is 10.1 Å². The molecule has 0 aliphatic rings. The fourth-order valence-electron chi connectivity index (χ4n) is 3.11. The lowest BCUT2D eigenvalue weighted by atomic mass is 10.1. The molecule has 0 aromatic heterocycles. The van der Waals surface area contributed by atoms with Crippen LogP contribution in [0.1, 0.15) is 36.2 Å². The lowest BCUT2D eigenvalue weighted by Crippen LogP contribution is -2.34. The van der Waals surface area contributed by atoms with Gasteiger partial charge < -0.3 is 14.8 Å². The summed E-state index contributed by atoms with van der Waals surface area (Å²) in [4.78, 5) is 12.9. The highest BCUT2D eigenvalue weighted by atomic mass is 79.9. The smallest absolute Gasteiger partial charge is 0.261 e. The number of carbonyl (C=O) groups excluding carboxylic acids is 1. The number of amides is 1. The van der Waals surface area contributed by atoms with Crippen LogP contribution in [0.3, 0.4) is 0 Å². The minimum atomic E-state index is -0.345. The SMILES string of the molecule is CC(C)CCOc1ccc(NC(=S)NC(=O)c2cc(Br)ccc2OCCc2ccccc2)cc1. The number of thiocarbonyl (C=S) groups is 1. The van der Waals surface area contributed by atoms with Gasteiger partial charge in [0.2, 0.25) is 0 Å². The number of rotatable bonds is 10. The first-order valence-corrected chi connectivity index (χ1v) is 12.4. The van der Waals surface area contributed by atoms with Crippen molar-refractivity contribution in [1.29, 1.82) is 0 Å². The molecule has 0 heterocycles. The molecule has 0 saturated heterocycles. The summed E-state index contributed by atoms with van der Waals surface area (Å²) in [5.74, 6) is 1.55. The maximum Gasteiger partial charge on any atom is 0.261 e. The highest BCUT2D eigenvalue weighted by Gasteiger charge is 2.15. The van der Waals surface area contributed by atoms with Crippen LogP contribution in [-0.2, 0) is 6.42 Å². The van der Waals surface area contributed by atoms with Crippen molar-refractivity contribution in [2.45, 2.75) is 26.7 Å². The first-order valence-electron chi connectivity index (χ1n) is 11.2. The second-order valence-electron chi connectivity index (χ2n) is 8.19. The summed E-state index contributed by atoms with van der Waals surface area (Å²) in [7, 11) is 0. The van der Waals surface area contributed by atoms with E-state index in [1.807, 2.05) is 60.7 Å². The predicted molar refractivity (Wildman–Crippen MR) is 145 cm³/mol. The molecular weight excluding hydrogens is 512 g/mol. The van der Waals surface area contributed by atoms with Gasteiger partial charge >= 0.3 is 0 Å². The van der Waals surface area contributed by atoms with Crippen molar-refractivity contribution in [3.8, 4) is 11.5 Å². The summed E-state index contributed by atoms with van der Waals surface area (Å²) < 4.78 is 12.4. The van der Waals surface area contributed by atoms with Crippen LogP contribution in [0.4, 0.5) is 5.69 Å². The molecule has 0 atom stereocenters. The van der Waals surface area contributed by atoms with E-state index in [0.29, 0.717) is 30.4 Å². The van der Waals surface area contributed by atoms with E-state index in [9.17, 15) is 4.79 Å². The van der Waals surface area contributed by atoms with Crippen LogP contribution < -0.4 is 20.1 Å². The molecule has 0 radical (unpaired) electrons. The summed E-state index contributed by atoms with van der Waals surface area (Å²) >= 11 is 8.77. The zero-order valence-electron chi connectivity index (χ0n) is 19.3. The lowest BCUT2D eigenvalue weighted by molar-refractivity contribution is 0.0973. The number of halogens is 1. The van der Waals surface area contributed by atoms with E-state index in [4.69, 9.17) is 21.7 Å². The van der Waals surface area contributed by atoms with E-state index in [2.05, 4.69) is 40.4 Å². The van der Waals surface area contributed by atoms with Gasteiger partial charge in [0.05, 0.1) is 18.8 Å². The van der Waals surface area contributed by atoms with Crippen LogP contribution in [-0.4, -0.2) is 24.2 Å². The van der Waals surface area contributed by atoms with E-state index in [0.717, 1.165) is 28.8 Å². The first-order chi connectivity index (χ1) is 16.4. The third-order valence-electron chi connectivity index (χ3n) is 4.98. The summed E-state index contributed by atoms with van der Waals surface area (Å²) in [5.41, 5.74) is 2.34. The average Bonchev–Trinajstić information content (AvgIpc) is 2.81. The Kier molecular flexibility index (Phi) is 9.91. The standard InChI is InChI=1S/C27H29BrN2O3S/c1-19(2)14-16-32-23-11-9-22(10-12-23)29-27(34)30-26(31)24-18-21(28)8-13-25(24)33-17-15-20-6-4-3-5-7-20/h3-13,18-19H,14-17H2,1-2H3,(H2,29,30,31,34). The maximum absolute atomic E-state index is 12.9. The van der Waals surface area contributed by atoms with Crippen molar-refractivity contribution in [2.24, 2.45) is 5.92 Å². The van der Waals surface area contributed by atoms with Crippen molar-refractivity contribution >= 4 is 44.9 Å². The van der Waals surface area contributed by atoms with Crippen LogP contribution in [0.5, 0.6) is 11.5 Å². The number of carbonyl (C=O) groups is 1. The van der Waals surface area contributed by atoms with E-state index < -0.39 is 0 Å². The Morgan fingerprint density at radius 1 is 0.971 bits per heavy atom. The van der Waals surface area contributed by atoms with Crippen LogP contribution in [0.25, 0.3) is 0 Å². The number of hydrogen-bond acceptors (Lipinski definition) is 4. The number of ether oxygens (including phenoxy) is 2. The fourth-order valence-corrected chi connectivity index (χ4v) is 3.68. The van der Waals surface area contributed by atoms with E-state index in [-0.39, 0.29) is 11.0 Å². The quantitative estimate of drug-likeness (QED) is 0.283. The highest BCUT2D eigenvalue weighted by molar-refractivity contribution is 9.10. The summed E-state index contributed by atoms with van der Waals surface area (Å²) in [6.45, 7) is 5.47. The van der Waals surface area contributed by atoms with Gasteiger partial charge in [0.25, 0.3) is 5.91 Å².